The molecule has 0 spiro atoms. The summed E-state index contributed by atoms with van der Waals surface area (Å²) in [6.07, 6.45) is 2.91. The number of benzene rings is 1. The Morgan fingerprint density at radius 3 is 3.00 bits per heavy atom. The predicted octanol–water partition coefficient (Wildman–Crippen LogP) is 2.35. The molecule has 1 atom stereocenters. The van der Waals surface area contributed by atoms with Crippen LogP contribution < -0.4 is 10.6 Å². The minimum Gasteiger partial charge on any atom is -0.349 e. The van der Waals surface area contributed by atoms with Crippen LogP contribution in [0.4, 0.5) is 4.39 Å². The first-order chi connectivity index (χ1) is 8.66. The van der Waals surface area contributed by atoms with Gasteiger partial charge in [0.05, 0.1) is 10.6 Å². The SMILES string of the molecule is O=C(NC1CCCNCC1)c1ccc(F)cc1Cl. The van der Waals surface area contributed by atoms with Crippen molar-refractivity contribution in [3.63, 3.8) is 0 Å². The number of amides is 1. The van der Waals surface area contributed by atoms with Gasteiger partial charge in [0.25, 0.3) is 5.91 Å². The summed E-state index contributed by atoms with van der Waals surface area (Å²) in [4.78, 5) is 12.0. The van der Waals surface area contributed by atoms with Crippen LogP contribution in [0.3, 0.4) is 0 Å². The van der Waals surface area contributed by atoms with Crippen molar-refractivity contribution < 1.29 is 9.18 Å². The minimum atomic E-state index is -0.435. The largest absolute Gasteiger partial charge is 0.349 e. The molecule has 1 saturated heterocycles. The van der Waals surface area contributed by atoms with Gasteiger partial charge in [0.2, 0.25) is 0 Å². The number of hydrogen-bond acceptors (Lipinski definition) is 2. The van der Waals surface area contributed by atoms with Gasteiger partial charge in [-0.25, -0.2) is 4.39 Å². The van der Waals surface area contributed by atoms with Crippen LogP contribution in [0, 0.1) is 5.82 Å². The number of hydrogen-bond donors (Lipinski definition) is 2. The van der Waals surface area contributed by atoms with Crippen LogP contribution >= 0.6 is 11.6 Å². The van der Waals surface area contributed by atoms with Gasteiger partial charge in [-0.05, 0) is 50.6 Å². The average Bonchev–Trinajstić information content (AvgIpc) is 2.57. The third-order valence-corrected chi connectivity index (χ3v) is 3.40. The van der Waals surface area contributed by atoms with Gasteiger partial charge in [0.1, 0.15) is 5.82 Å². The standard InChI is InChI=1S/C13H16ClFN2O/c14-12-8-9(15)3-4-11(12)13(18)17-10-2-1-6-16-7-5-10/h3-4,8,10,16H,1-2,5-7H2,(H,17,18). The Kier molecular flexibility index (Phi) is 4.55. The molecule has 18 heavy (non-hydrogen) atoms. The highest BCUT2D eigenvalue weighted by atomic mass is 35.5. The lowest BCUT2D eigenvalue weighted by Crippen LogP contribution is -2.35. The van der Waals surface area contributed by atoms with Crippen molar-refractivity contribution in [3.05, 3.63) is 34.6 Å². The van der Waals surface area contributed by atoms with Gasteiger partial charge < -0.3 is 10.6 Å². The molecule has 0 saturated carbocycles. The lowest BCUT2D eigenvalue weighted by Gasteiger charge is -2.16. The van der Waals surface area contributed by atoms with Crippen molar-refractivity contribution in [1.82, 2.24) is 10.6 Å². The zero-order valence-electron chi connectivity index (χ0n) is 10.0. The summed E-state index contributed by atoms with van der Waals surface area (Å²) >= 11 is 5.86. The average molecular weight is 271 g/mol. The Labute approximate surface area is 111 Å². The van der Waals surface area contributed by atoms with Gasteiger partial charge in [-0.1, -0.05) is 11.6 Å². The summed E-state index contributed by atoms with van der Waals surface area (Å²) in [5, 5.41) is 6.38. The van der Waals surface area contributed by atoms with Crippen LogP contribution in [0.25, 0.3) is 0 Å². The maximum Gasteiger partial charge on any atom is 0.253 e. The zero-order chi connectivity index (χ0) is 13.0. The maximum atomic E-state index is 12.9. The molecule has 0 radical (unpaired) electrons. The second kappa shape index (κ2) is 6.16. The molecule has 0 aliphatic carbocycles. The summed E-state index contributed by atoms with van der Waals surface area (Å²) in [5.74, 6) is -0.665. The lowest BCUT2D eigenvalue weighted by atomic mass is 10.1. The molecule has 1 aromatic rings. The Hall–Kier alpha value is -1.13. The first-order valence-corrected chi connectivity index (χ1v) is 6.51. The monoisotopic (exact) mass is 270 g/mol. The van der Waals surface area contributed by atoms with Gasteiger partial charge >= 0.3 is 0 Å². The van der Waals surface area contributed by atoms with E-state index < -0.39 is 5.82 Å². The topological polar surface area (TPSA) is 41.1 Å². The lowest BCUT2D eigenvalue weighted by molar-refractivity contribution is 0.0934. The number of rotatable bonds is 2. The van der Waals surface area contributed by atoms with E-state index in [2.05, 4.69) is 10.6 Å². The minimum absolute atomic E-state index is 0.152. The van der Waals surface area contributed by atoms with Crippen molar-refractivity contribution in [2.75, 3.05) is 13.1 Å². The highest BCUT2D eigenvalue weighted by Crippen LogP contribution is 2.17. The van der Waals surface area contributed by atoms with E-state index >= 15 is 0 Å². The van der Waals surface area contributed by atoms with E-state index in [4.69, 9.17) is 11.6 Å². The van der Waals surface area contributed by atoms with E-state index in [9.17, 15) is 9.18 Å². The summed E-state index contributed by atoms with van der Waals surface area (Å²) in [5.41, 5.74) is 0.329. The van der Waals surface area contributed by atoms with E-state index in [0.29, 0.717) is 5.56 Å². The molecule has 1 aliphatic heterocycles. The predicted molar refractivity (Wildman–Crippen MR) is 69.4 cm³/mol. The van der Waals surface area contributed by atoms with Gasteiger partial charge in [-0.2, -0.15) is 0 Å². The fourth-order valence-corrected chi connectivity index (χ4v) is 2.35. The van der Waals surface area contributed by atoms with E-state index in [1.165, 1.54) is 12.1 Å². The Balaban J connectivity index is 2.02. The Bertz CT molecular complexity index is 431. The van der Waals surface area contributed by atoms with Gasteiger partial charge in [-0.3, -0.25) is 4.79 Å². The molecular formula is C13H16ClFN2O. The van der Waals surface area contributed by atoms with Crippen molar-refractivity contribution in [1.29, 1.82) is 0 Å². The van der Waals surface area contributed by atoms with E-state index in [0.717, 1.165) is 38.4 Å². The highest BCUT2D eigenvalue weighted by molar-refractivity contribution is 6.33. The molecule has 1 aromatic carbocycles. The first kappa shape index (κ1) is 13.3. The number of halogens is 2. The van der Waals surface area contributed by atoms with Crippen LogP contribution in [-0.2, 0) is 0 Å². The van der Waals surface area contributed by atoms with Crippen LogP contribution in [-0.4, -0.2) is 25.0 Å². The fraction of sp³-hybridized carbons (Fsp3) is 0.462. The summed E-state index contributed by atoms with van der Waals surface area (Å²) in [6.45, 7) is 1.89. The molecule has 0 bridgehead atoms. The summed E-state index contributed by atoms with van der Waals surface area (Å²) in [7, 11) is 0. The molecule has 1 heterocycles. The van der Waals surface area contributed by atoms with E-state index in [1.807, 2.05) is 0 Å². The second-order valence-electron chi connectivity index (χ2n) is 4.48. The van der Waals surface area contributed by atoms with Crippen molar-refractivity contribution in [2.45, 2.75) is 25.3 Å². The molecule has 2 N–H and O–H groups in total. The third kappa shape index (κ3) is 3.43. The molecule has 3 nitrogen and oxygen atoms in total. The second-order valence-corrected chi connectivity index (χ2v) is 4.88. The maximum absolute atomic E-state index is 12.9. The molecule has 1 aliphatic rings. The van der Waals surface area contributed by atoms with E-state index in [-0.39, 0.29) is 17.0 Å². The molecular weight excluding hydrogens is 255 g/mol. The molecule has 5 heteroatoms. The first-order valence-electron chi connectivity index (χ1n) is 6.13. The van der Waals surface area contributed by atoms with Crippen molar-refractivity contribution in [2.24, 2.45) is 0 Å². The molecule has 2 rings (SSSR count). The third-order valence-electron chi connectivity index (χ3n) is 3.09. The number of nitrogens with one attached hydrogen (secondary N) is 2. The molecule has 1 amide bonds. The molecule has 98 valence electrons. The quantitative estimate of drug-likeness (QED) is 0.866. The molecule has 1 fully saturated rings. The van der Waals surface area contributed by atoms with Crippen LogP contribution in [0.1, 0.15) is 29.6 Å². The fourth-order valence-electron chi connectivity index (χ4n) is 2.10. The van der Waals surface area contributed by atoms with Crippen LogP contribution in [0.15, 0.2) is 18.2 Å². The number of carbonyl (C=O) groups excluding carboxylic acids is 1. The summed E-state index contributed by atoms with van der Waals surface area (Å²) in [6, 6.07) is 3.98. The molecule has 1 unspecified atom stereocenters. The van der Waals surface area contributed by atoms with Crippen LogP contribution in [0.5, 0.6) is 0 Å². The van der Waals surface area contributed by atoms with Crippen molar-refractivity contribution in [3.8, 4) is 0 Å². The van der Waals surface area contributed by atoms with E-state index in [1.54, 1.807) is 0 Å². The highest BCUT2D eigenvalue weighted by Gasteiger charge is 2.17. The van der Waals surface area contributed by atoms with Gasteiger partial charge in [-0.15, -0.1) is 0 Å². The van der Waals surface area contributed by atoms with Gasteiger partial charge in [0.15, 0.2) is 0 Å². The van der Waals surface area contributed by atoms with Gasteiger partial charge in [0, 0.05) is 6.04 Å². The smallest absolute Gasteiger partial charge is 0.253 e. The summed E-state index contributed by atoms with van der Waals surface area (Å²) < 4.78 is 12.9. The molecule has 0 aromatic heterocycles. The Morgan fingerprint density at radius 1 is 1.39 bits per heavy atom. The Morgan fingerprint density at radius 2 is 2.22 bits per heavy atom. The van der Waals surface area contributed by atoms with Crippen LogP contribution in [0.2, 0.25) is 5.02 Å². The van der Waals surface area contributed by atoms with Crippen molar-refractivity contribution >= 4 is 17.5 Å². The normalized spacial score (nSPS) is 20.2. The zero-order valence-corrected chi connectivity index (χ0v) is 10.8. The number of carbonyl (C=O) groups is 1.